The molecule has 0 spiro atoms. The van der Waals surface area contributed by atoms with Gasteiger partial charge in [0.25, 0.3) is 0 Å². The Morgan fingerprint density at radius 2 is 2.16 bits per heavy atom. The Morgan fingerprint density at radius 1 is 1.32 bits per heavy atom. The molecule has 2 aromatic heterocycles. The number of nitrogens with zero attached hydrogens (tertiary/aromatic N) is 2. The number of halogens is 1. The van der Waals surface area contributed by atoms with Crippen LogP contribution in [0.5, 0.6) is 0 Å². The molecule has 2 heterocycles. The summed E-state index contributed by atoms with van der Waals surface area (Å²) >= 11 is 7.75. The minimum atomic E-state index is 0.499. The van der Waals surface area contributed by atoms with Crippen LogP contribution in [0.1, 0.15) is 30.5 Å². The molecule has 98 valence electrons. The third-order valence-corrected chi connectivity index (χ3v) is 4.56. The number of hydrogen-bond donors (Lipinski definition) is 0. The predicted octanol–water partition coefficient (Wildman–Crippen LogP) is 4.92. The standard InChI is InChI=1S/C15H15ClN2S/c1-10(2)15-17-13(9-19-15)8-18-6-5-11-7-12(16)3-4-14(11)18/h3-7,9-10H,8H2,1-2H3. The number of fused-ring (bicyclic) bond motifs is 1. The van der Waals surface area contributed by atoms with Crippen LogP contribution >= 0.6 is 22.9 Å². The third-order valence-electron chi connectivity index (χ3n) is 3.13. The minimum Gasteiger partial charge on any atom is -0.341 e. The number of hydrogen-bond acceptors (Lipinski definition) is 2. The Balaban J connectivity index is 1.92. The van der Waals surface area contributed by atoms with Crippen molar-refractivity contribution < 1.29 is 0 Å². The SMILES string of the molecule is CC(C)c1nc(Cn2ccc3cc(Cl)ccc32)cs1. The van der Waals surface area contributed by atoms with Crippen LogP contribution in [-0.2, 0) is 6.54 Å². The van der Waals surface area contributed by atoms with Gasteiger partial charge in [0.05, 0.1) is 17.2 Å². The van der Waals surface area contributed by atoms with Gasteiger partial charge in [0, 0.05) is 33.4 Å². The molecule has 1 aromatic carbocycles. The van der Waals surface area contributed by atoms with E-state index >= 15 is 0 Å². The molecular formula is C15H15ClN2S. The number of rotatable bonds is 3. The first-order valence-electron chi connectivity index (χ1n) is 6.32. The van der Waals surface area contributed by atoms with Crippen LogP contribution in [0.15, 0.2) is 35.8 Å². The molecule has 3 rings (SSSR count). The van der Waals surface area contributed by atoms with E-state index < -0.39 is 0 Å². The fourth-order valence-electron chi connectivity index (χ4n) is 2.14. The van der Waals surface area contributed by atoms with Crippen LogP contribution in [0, 0.1) is 0 Å². The lowest BCUT2D eigenvalue weighted by molar-refractivity contribution is 0.787. The summed E-state index contributed by atoms with van der Waals surface area (Å²) in [6.07, 6.45) is 2.09. The molecule has 19 heavy (non-hydrogen) atoms. The van der Waals surface area contributed by atoms with Gasteiger partial charge in [0.15, 0.2) is 0 Å². The van der Waals surface area contributed by atoms with Crippen LogP contribution < -0.4 is 0 Å². The Kier molecular flexibility index (Phi) is 3.33. The zero-order chi connectivity index (χ0) is 13.4. The van der Waals surface area contributed by atoms with Gasteiger partial charge >= 0.3 is 0 Å². The van der Waals surface area contributed by atoms with Gasteiger partial charge in [-0.1, -0.05) is 25.4 Å². The summed E-state index contributed by atoms with van der Waals surface area (Å²) in [6.45, 7) is 5.17. The molecule has 0 N–H and O–H groups in total. The second-order valence-electron chi connectivity index (χ2n) is 4.98. The van der Waals surface area contributed by atoms with Gasteiger partial charge in [-0.25, -0.2) is 4.98 Å². The van der Waals surface area contributed by atoms with E-state index in [1.54, 1.807) is 11.3 Å². The molecule has 0 radical (unpaired) electrons. The molecule has 0 bridgehead atoms. The number of thiazole rings is 1. The van der Waals surface area contributed by atoms with Crippen molar-refractivity contribution in [2.24, 2.45) is 0 Å². The molecule has 0 saturated heterocycles. The van der Waals surface area contributed by atoms with E-state index in [-0.39, 0.29) is 0 Å². The van der Waals surface area contributed by atoms with Crippen molar-refractivity contribution in [1.82, 2.24) is 9.55 Å². The first kappa shape index (κ1) is 12.7. The highest BCUT2D eigenvalue weighted by molar-refractivity contribution is 7.09. The highest BCUT2D eigenvalue weighted by Gasteiger charge is 2.08. The van der Waals surface area contributed by atoms with Crippen LogP contribution in [0.4, 0.5) is 0 Å². The molecule has 0 amide bonds. The lowest BCUT2D eigenvalue weighted by Crippen LogP contribution is -1.98. The van der Waals surface area contributed by atoms with Crippen molar-refractivity contribution in [1.29, 1.82) is 0 Å². The molecule has 0 atom stereocenters. The first-order chi connectivity index (χ1) is 9.13. The van der Waals surface area contributed by atoms with E-state index in [0.717, 1.165) is 17.3 Å². The fraction of sp³-hybridized carbons (Fsp3) is 0.267. The Bertz CT molecular complexity index is 712. The van der Waals surface area contributed by atoms with Gasteiger partial charge in [0.2, 0.25) is 0 Å². The topological polar surface area (TPSA) is 17.8 Å². The minimum absolute atomic E-state index is 0.499. The van der Waals surface area contributed by atoms with Crippen molar-refractivity contribution >= 4 is 33.8 Å². The maximum atomic E-state index is 6.01. The Morgan fingerprint density at radius 3 is 2.89 bits per heavy atom. The van der Waals surface area contributed by atoms with E-state index in [9.17, 15) is 0 Å². The summed E-state index contributed by atoms with van der Waals surface area (Å²) in [5.74, 6) is 0.499. The smallest absolute Gasteiger partial charge is 0.0954 e. The maximum absolute atomic E-state index is 6.01. The van der Waals surface area contributed by atoms with E-state index in [4.69, 9.17) is 11.6 Å². The summed E-state index contributed by atoms with van der Waals surface area (Å²) in [5, 5.41) is 5.30. The highest BCUT2D eigenvalue weighted by atomic mass is 35.5. The third kappa shape index (κ3) is 2.53. The molecule has 0 unspecified atom stereocenters. The Labute approximate surface area is 121 Å². The maximum Gasteiger partial charge on any atom is 0.0954 e. The quantitative estimate of drug-likeness (QED) is 0.669. The summed E-state index contributed by atoms with van der Waals surface area (Å²) < 4.78 is 2.21. The lowest BCUT2D eigenvalue weighted by atomic mass is 10.2. The molecule has 0 fully saturated rings. The number of benzene rings is 1. The average Bonchev–Trinajstić information content (AvgIpc) is 2.97. The van der Waals surface area contributed by atoms with Crippen molar-refractivity contribution in [3.05, 3.63) is 51.6 Å². The second kappa shape index (κ2) is 4.99. The fourth-order valence-corrected chi connectivity index (χ4v) is 3.15. The lowest BCUT2D eigenvalue weighted by Gasteiger charge is -2.03. The van der Waals surface area contributed by atoms with Crippen molar-refractivity contribution in [3.8, 4) is 0 Å². The monoisotopic (exact) mass is 290 g/mol. The zero-order valence-electron chi connectivity index (χ0n) is 10.9. The summed E-state index contributed by atoms with van der Waals surface area (Å²) in [5.41, 5.74) is 2.32. The highest BCUT2D eigenvalue weighted by Crippen LogP contribution is 2.23. The van der Waals surface area contributed by atoms with E-state index in [2.05, 4.69) is 47.1 Å². The van der Waals surface area contributed by atoms with Gasteiger partial charge < -0.3 is 4.57 Å². The van der Waals surface area contributed by atoms with Gasteiger partial charge in [-0.15, -0.1) is 11.3 Å². The van der Waals surface area contributed by atoms with E-state index in [1.807, 2.05) is 12.1 Å². The van der Waals surface area contributed by atoms with Crippen molar-refractivity contribution in [3.63, 3.8) is 0 Å². The summed E-state index contributed by atoms with van der Waals surface area (Å²) in [7, 11) is 0. The largest absolute Gasteiger partial charge is 0.341 e. The van der Waals surface area contributed by atoms with E-state index in [0.29, 0.717) is 5.92 Å². The van der Waals surface area contributed by atoms with Crippen molar-refractivity contribution in [2.45, 2.75) is 26.3 Å². The molecule has 0 aliphatic carbocycles. The molecule has 2 nitrogen and oxygen atoms in total. The van der Waals surface area contributed by atoms with Gasteiger partial charge in [-0.3, -0.25) is 0 Å². The van der Waals surface area contributed by atoms with Crippen LogP contribution in [-0.4, -0.2) is 9.55 Å². The average molecular weight is 291 g/mol. The van der Waals surface area contributed by atoms with Crippen molar-refractivity contribution in [2.75, 3.05) is 0 Å². The summed E-state index contributed by atoms with van der Waals surface area (Å²) in [4.78, 5) is 4.68. The zero-order valence-corrected chi connectivity index (χ0v) is 12.5. The number of aromatic nitrogens is 2. The Hall–Kier alpha value is -1.32. The van der Waals surface area contributed by atoms with Gasteiger partial charge in [-0.05, 0) is 24.3 Å². The summed E-state index contributed by atoms with van der Waals surface area (Å²) in [6, 6.07) is 8.08. The van der Waals surface area contributed by atoms with Crippen LogP contribution in [0.2, 0.25) is 5.02 Å². The normalized spacial score (nSPS) is 11.6. The van der Waals surface area contributed by atoms with E-state index in [1.165, 1.54) is 15.9 Å². The molecule has 4 heteroatoms. The molecule has 0 aliphatic heterocycles. The predicted molar refractivity (Wildman–Crippen MR) is 82.3 cm³/mol. The van der Waals surface area contributed by atoms with Gasteiger partial charge in [0.1, 0.15) is 0 Å². The molecule has 3 aromatic rings. The second-order valence-corrected chi connectivity index (χ2v) is 6.30. The van der Waals surface area contributed by atoms with Crippen LogP contribution in [0.25, 0.3) is 10.9 Å². The molecular weight excluding hydrogens is 276 g/mol. The molecule has 0 aliphatic rings. The first-order valence-corrected chi connectivity index (χ1v) is 7.58. The van der Waals surface area contributed by atoms with Gasteiger partial charge in [-0.2, -0.15) is 0 Å². The van der Waals surface area contributed by atoms with Crippen LogP contribution in [0.3, 0.4) is 0 Å². The molecule has 0 saturated carbocycles.